The van der Waals surface area contributed by atoms with Crippen LogP contribution in [0.3, 0.4) is 0 Å². The van der Waals surface area contributed by atoms with Gasteiger partial charge in [0.1, 0.15) is 0 Å². The summed E-state index contributed by atoms with van der Waals surface area (Å²) in [7, 11) is 1.30. The molecular weight excluding hydrogens is 235 g/mol. The lowest BCUT2D eigenvalue weighted by molar-refractivity contribution is 0.563. The van der Waals surface area contributed by atoms with E-state index < -0.39 is 0 Å². The average molecular weight is 270 g/mol. The van der Waals surface area contributed by atoms with Crippen molar-refractivity contribution in [1.82, 2.24) is 0 Å². The smallest absolute Gasteiger partial charge is 0.0237 e. The van der Waals surface area contributed by atoms with E-state index in [2.05, 4.69) is 6.92 Å². The fraction of sp³-hybridized carbons (Fsp3) is 1.00. The van der Waals surface area contributed by atoms with Crippen molar-refractivity contribution in [2.45, 2.75) is 102 Å². The van der Waals surface area contributed by atoms with Crippen LogP contribution in [0.15, 0.2) is 0 Å². The van der Waals surface area contributed by atoms with Crippen molar-refractivity contribution in [3.63, 3.8) is 0 Å². The second-order valence-corrected chi connectivity index (χ2v) is 7.84. The Hall–Kier alpha value is 0.430. The highest BCUT2D eigenvalue weighted by Gasteiger charge is 2.13. The lowest BCUT2D eigenvalue weighted by Gasteiger charge is -2.08. The van der Waals surface area contributed by atoms with Crippen molar-refractivity contribution in [3.05, 3.63) is 0 Å². The summed E-state index contributed by atoms with van der Waals surface area (Å²) >= 11 is 0. The highest BCUT2D eigenvalue weighted by atomic mass is 31.1. The Morgan fingerprint density at radius 3 is 1.78 bits per heavy atom. The first-order valence-electron chi connectivity index (χ1n) is 8.67. The minimum Gasteiger partial charge on any atom is -0.119 e. The molecule has 1 unspecified atom stereocenters. The number of hydrogen-bond acceptors (Lipinski definition) is 0. The van der Waals surface area contributed by atoms with E-state index in [-0.39, 0.29) is 0 Å². The number of rotatable bonds is 12. The van der Waals surface area contributed by atoms with Gasteiger partial charge in [0, 0.05) is 0 Å². The maximum atomic E-state index is 2.30. The fourth-order valence-corrected chi connectivity index (χ4v) is 4.73. The van der Waals surface area contributed by atoms with Crippen LogP contribution in [0, 0.1) is 0 Å². The Balaban J connectivity index is 1.68. The van der Waals surface area contributed by atoms with Crippen LogP contribution in [-0.4, -0.2) is 11.8 Å². The molecule has 1 atom stereocenters. The monoisotopic (exact) mass is 270 g/mol. The zero-order valence-corrected chi connectivity index (χ0v) is 13.7. The molecule has 0 aromatic carbocycles. The Labute approximate surface area is 117 Å². The summed E-state index contributed by atoms with van der Waals surface area (Å²) in [5.41, 5.74) is 1.14. The standard InChI is InChI=1S/C17H35P/c1-2-3-4-5-6-7-8-9-10-13-16-18-17-14-11-12-15-17/h17-18H,2-16H2,1H3. The van der Waals surface area contributed by atoms with Crippen LogP contribution in [0.4, 0.5) is 0 Å². The SMILES string of the molecule is CCCCCCCCCCCCPC1CCCC1. The molecule has 0 nitrogen and oxygen atoms in total. The van der Waals surface area contributed by atoms with Crippen LogP contribution in [0.1, 0.15) is 96.8 Å². The highest BCUT2D eigenvalue weighted by Crippen LogP contribution is 2.34. The summed E-state index contributed by atoms with van der Waals surface area (Å²) in [6, 6.07) is 0. The molecule has 0 aliphatic heterocycles. The first-order chi connectivity index (χ1) is 8.93. The van der Waals surface area contributed by atoms with Gasteiger partial charge in [-0.25, -0.2) is 0 Å². The fourth-order valence-electron chi connectivity index (χ4n) is 3.05. The normalized spacial score (nSPS) is 17.2. The Morgan fingerprint density at radius 2 is 1.22 bits per heavy atom. The van der Waals surface area contributed by atoms with E-state index in [1.165, 1.54) is 85.6 Å². The molecule has 0 aromatic rings. The second kappa shape index (κ2) is 12.5. The molecule has 18 heavy (non-hydrogen) atoms. The van der Waals surface area contributed by atoms with E-state index in [1.807, 2.05) is 0 Å². The summed E-state index contributed by atoms with van der Waals surface area (Å²) in [5, 5.41) is 0. The zero-order valence-electron chi connectivity index (χ0n) is 12.7. The van der Waals surface area contributed by atoms with E-state index in [1.54, 1.807) is 19.0 Å². The largest absolute Gasteiger partial charge is 0.119 e. The molecule has 0 aromatic heterocycles. The van der Waals surface area contributed by atoms with Crippen LogP contribution in [-0.2, 0) is 0 Å². The second-order valence-electron chi connectivity index (χ2n) is 6.12. The predicted molar refractivity (Wildman–Crippen MR) is 87.3 cm³/mol. The van der Waals surface area contributed by atoms with Gasteiger partial charge in [0.25, 0.3) is 0 Å². The number of unbranched alkanes of at least 4 members (excludes halogenated alkanes) is 9. The number of hydrogen-bond donors (Lipinski definition) is 0. The van der Waals surface area contributed by atoms with Gasteiger partial charge in [0.2, 0.25) is 0 Å². The van der Waals surface area contributed by atoms with Gasteiger partial charge in [0.15, 0.2) is 0 Å². The van der Waals surface area contributed by atoms with Crippen molar-refractivity contribution < 1.29 is 0 Å². The molecule has 0 amide bonds. The van der Waals surface area contributed by atoms with Crippen molar-refractivity contribution >= 4 is 8.58 Å². The third-order valence-electron chi connectivity index (χ3n) is 4.32. The highest BCUT2D eigenvalue weighted by molar-refractivity contribution is 7.38. The van der Waals surface area contributed by atoms with Gasteiger partial charge in [-0.05, 0) is 31.1 Å². The summed E-state index contributed by atoms with van der Waals surface area (Å²) in [6.45, 7) is 2.30. The van der Waals surface area contributed by atoms with Gasteiger partial charge in [-0.15, -0.1) is 8.58 Å². The van der Waals surface area contributed by atoms with E-state index in [0.29, 0.717) is 0 Å². The molecule has 0 saturated heterocycles. The topological polar surface area (TPSA) is 0 Å². The van der Waals surface area contributed by atoms with Crippen molar-refractivity contribution in [2.75, 3.05) is 6.16 Å². The van der Waals surface area contributed by atoms with Crippen LogP contribution in [0.25, 0.3) is 0 Å². The minimum absolute atomic E-state index is 1.14. The molecule has 0 N–H and O–H groups in total. The summed E-state index contributed by atoms with van der Waals surface area (Å²) < 4.78 is 0. The van der Waals surface area contributed by atoms with Gasteiger partial charge in [0.05, 0.1) is 0 Å². The molecule has 0 radical (unpaired) electrons. The quantitative estimate of drug-likeness (QED) is 0.279. The van der Waals surface area contributed by atoms with Gasteiger partial charge < -0.3 is 0 Å². The summed E-state index contributed by atoms with van der Waals surface area (Å²) in [5.74, 6) is 0. The summed E-state index contributed by atoms with van der Waals surface area (Å²) in [6.07, 6.45) is 22.5. The molecular formula is C17H35P. The van der Waals surface area contributed by atoms with E-state index in [4.69, 9.17) is 0 Å². The molecule has 1 heteroatoms. The first-order valence-corrected chi connectivity index (χ1v) is 9.95. The maximum Gasteiger partial charge on any atom is -0.0237 e. The molecule has 1 fully saturated rings. The van der Waals surface area contributed by atoms with Crippen LogP contribution >= 0.6 is 8.58 Å². The van der Waals surface area contributed by atoms with E-state index in [0.717, 1.165) is 5.66 Å². The zero-order chi connectivity index (χ0) is 12.9. The average Bonchev–Trinajstić information content (AvgIpc) is 2.89. The van der Waals surface area contributed by atoms with Crippen molar-refractivity contribution in [1.29, 1.82) is 0 Å². The van der Waals surface area contributed by atoms with Gasteiger partial charge in [-0.1, -0.05) is 77.6 Å². The molecule has 1 rings (SSSR count). The summed E-state index contributed by atoms with van der Waals surface area (Å²) in [4.78, 5) is 0. The first kappa shape index (κ1) is 16.5. The van der Waals surface area contributed by atoms with Gasteiger partial charge in [-0.2, -0.15) is 0 Å². The molecule has 1 aliphatic carbocycles. The molecule has 1 saturated carbocycles. The molecule has 0 bridgehead atoms. The van der Waals surface area contributed by atoms with Crippen LogP contribution in [0.5, 0.6) is 0 Å². The Bertz CT molecular complexity index is 161. The maximum absolute atomic E-state index is 2.30. The van der Waals surface area contributed by atoms with Crippen LogP contribution in [0.2, 0.25) is 0 Å². The molecule has 1 aliphatic rings. The lowest BCUT2D eigenvalue weighted by atomic mass is 10.1. The molecule has 0 spiro atoms. The third-order valence-corrected chi connectivity index (χ3v) is 6.12. The predicted octanol–water partition coefficient (Wildman–Crippen LogP) is 6.53. The van der Waals surface area contributed by atoms with Gasteiger partial charge >= 0.3 is 0 Å². The lowest BCUT2D eigenvalue weighted by Crippen LogP contribution is -1.93. The van der Waals surface area contributed by atoms with E-state index >= 15 is 0 Å². The molecule has 108 valence electrons. The van der Waals surface area contributed by atoms with Crippen molar-refractivity contribution in [3.8, 4) is 0 Å². The Kier molecular flexibility index (Phi) is 11.4. The van der Waals surface area contributed by atoms with Crippen molar-refractivity contribution in [2.24, 2.45) is 0 Å². The van der Waals surface area contributed by atoms with Crippen LogP contribution < -0.4 is 0 Å². The minimum atomic E-state index is 1.14. The Morgan fingerprint density at radius 1 is 0.722 bits per heavy atom. The van der Waals surface area contributed by atoms with E-state index in [9.17, 15) is 0 Å². The molecule has 0 heterocycles. The third kappa shape index (κ3) is 9.37. The van der Waals surface area contributed by atoms with Gasteiger partial charge in [-0.3, -0.25) is 0 Å².